The first-order valence-corrected chi connectivity index (χ1v) is 14.5. The SMILES string of the molecule is CC(C)(C)[Si](C)(C)O[C@@H]1O[C@H](C(=O)OCc2ccccc2)[C@H]2[C@@H]1N2C(=O)OCc1ccccc1. The Kier molecular flexibility index (Phi) is 6.84. The molecule has 2 heterocycles. The smallest absolute Gasteiger partial charge is 0.411 e. The van der Waals surface area contributed by atoms with Crippen LogP contribution in [-0.4, -0.2) is 49.8 Å². The number of hydrogen-bond acceptors (Lipinski definition) is 6. The van der Waals surface area contributed by atoms with Crippen LogP contribution in [0.1, 0.15) is 31.9 Å². The fraction of sp³-hybridized carbons (Fsp3) is 0.462. The third kappa shape index (κ3) is 5.19. The molecule has 0 radical (unpaired) electrons. The van der Waals surface area contributed by atoms with Gasteiger partial charge in [0.05, 0.1) is 6.04 Å². The normalized spacial score (nSPS) is 23.9. The molecule has 2 aromatic rings. The highest BCUT2D eigenvalue weighted by molar-refractivity contribution is 6.74. The number of morpholine rings is 1. The van der Waals surface area contributed by atoms with Gasteiger partial charge in [-0.05, 0) is 29.3 Å². The third-order valence-electron chi connectivity index (χ3n) is 6.86. The van der Waals surface area contributed by atoms with Crippen LogP contribution in [0.2, 0.25) is 18.1 Å². The van der Waals surface area contributed by atoms with Gasteiger partial charge in [0.1, 0.15) is 19.3 Å². The van der Waals surface area contributed by atoms with Gasteiger partial charge in [-0.1, -0.05) is 81.4 Å². The average Bonchev–Trinajstić information content (AvgIpc) is 3.44. The van der Waals surface area contributed by atoms with Gasteiger partial charge in [0.25, 0.3) is 0 Å². The second kappa shape index (κ2) is 9.52. The Morgan fingerprint density at radius 3 is 1.94 bits per heavy atom. The molecular weight excluding hydrogens is 450 g/mol. The van der Waals surface area contributed by atoms with E-state index in [1.165, 1.54) is 0 Å². The highest BCUT2D eigenvalue weighted by Crippen LogP contribution is 2.47. The second-order valence-corrected chi connectivity index (χ2v) is 15.1. The number of nitrogens with zero attached hydrogens (tertiary/aromatic N) is 1. The van der Waals surface area contributed by atoms with Crippen molar-refractivity contribution in [3.63, 3.8) is 0 Å². The summed E-state index contributed by atoms with van der Waals surface area (Å²) in [5, 5.41) is -0.0503. The number of ether oxygens (including phenoxy) is 3. The maximum atomic E-state index is 12.9. The maximum absolute atomic E-state index is 12.9. The quantitative estimate of drug-likeness (QED) is 0.318. The lowest BCUT2D eigenvalue weighted by molar-refractivity contribution is -0.172. The molecule has 34 heavy (non-hydrogen) atoms. The monoisotopic (exact) mass is 483 g/mol. The molecule has 0 aromatic heterocycles. The van der Waals surface area contributed by atoms with Gasteiger partial charge in [0, 0.05) is 0 Å². The summed E-state index contributed by atoms with van der Waals surface area (Å²) in [4.78, 5) is 27.4. The molecule has 8 heteroatoms. The molecule has 0 bridgehead atoms. The molecule has 0 spiro atoms. The first-order chi connectivity index (χ1) is 16.1. The van der Waals surface area contributed by atoms with Crippen molar-refractivity contribution < 1.29 is 28.2 Å². The molecule has 7 nitrogen and oxygen atoms in total. The van der Waals surface area contributed by atoms with E-state index >= 15 is 0 Å². The van der Waals surface area contributed by atoms with Crippen LogP contribution in [0.4, 0.5) is 4.79 Å². The Bertz CT molecular complexity index is 1010. The molecule has 1 amide bonds. The lowest BCUT2D eigenvalue weighted by atomic mass is 10.2. The number of fused-ring (bicyclic) bond motifs is 1. The number of rotatable bonds is 7. The van der Waals surface area contributed by atoms with Gasteiger partial charge in [0.2, 0.25) is 0 Å². The Hall–Kier alpha value is -2.68. The molecule has 2 fully saturated rings. The largest absolute Gasteiger partial charge is 0.459 e. The van der Waals surface area contributed by atoms with E-state index in [0.29, 0.717) is 0 Å². The van der Waals surface area contributed by atoms with Crippen LogP contribution in [0.25, 0.3) is 0 Å². The van der Waals surface area contributed by atoms with Crippen molar-refractivity contribution in [2.45, 2.75) is 76.6 Å². The lowest BCUT2D eigenvalue weighted by Crippen LogP contribution is -2.47. The van der Waals surface area contributed by atoms with Crippen LogP contribution in [0.3, 0.4) is 0 Å². The van der Waals surface area contributed by atoms with Crippen LogP contribution in [0.15, 0.2) is 60.7 Å². The number of amides is 1. The summed E-state index contributed by atoms with van der Waals surface area (Å²) in [7, 11) is -2.21. The summed E-state index contributed by atoms with van der Waals surface area (Å²) < 4.78 is 23.6. The Balaban J connectivity index is 1.45. The van der Waals surface area contributed by atoms with Crippen molar-refractivity contribution in [2.24, 2.45) is 0 Å². The van der Waals surface area contributed by atoms with Gasteiger partial charge in [-0.2, -0.15) is 0 Å². The molecule has 0 aliphatic carbocycles. The standard InChI is InChI=1S/C26H33NO6Si/c1-26(2,3)34(4,5)33-24-21-20(27(21)25(29)31-17-19-14-10-7-11-15-19)22(32-24)23(28)30-16-18-12-8-6-9-13-18/h6-15,20-22,24H,16-17H2,1-5H3/t20-,21+,22+,24+,27?/m1/s1. The van der Waals surface area contributed by atoms with Crippen LogP contribution in [-0.2, 0) is 36.6 Å². The minimum Gasteiger partial charge on any atom is -0.459 e. The average molecular weight is 484 g/mol. The van der Waals surface area contributed by atoms with Gasteiger partial charge < -0.3 is 18.6 Å². The van der Waals surface area contributed by atoms with Crippen LogP contribution in [0, 0.1) is 0 Å². The van der Waals surface area contributed by atoms with Gasteiger partial charge in [-0.15, -0.1) is 0 Å². The van der Waals surface area contributed by atoms with E-state index < -0.39 is 38.8 Å². The van der Waals surface area contributed by atoms with Gasteiger partial charge >= 0.3 is 12.1 Å². The zero-order chi connectivity index (χ0) is 24.5. The molecule has 2 aliphatic heterocycles. The van der Waals surface area contributed by atoms with Crippen LogP contribution < -0.4 is 0 Å². The van der Waals surface area contributed by atoms with Crippen LogP contribution in [0.5, 0.6) is 0 Å². The highest BCUT2D eigenvalue weighted by atomic mass is 28.4. The summed E-state index contributed by atoms with van der Waals surface area (Å²) >= 11 is 0. The highest BCUT2D eigenvalue weighted by Gasteiger charge is 2.69. The third-order valence-corrected chi connectivity index (χ3v) is 11.3. The predicted molar refractivity (Wildman–Crippen MR) is 129 cm³/mol. The molecule has 4 rings (SSSR count). The van der Waals surface area contributed by atoms with Crippen molar-refractivity contribution >= 4 is 20.4 Å². The molecule has 182 valence electrons. The van der Waals surface area contributed by atoms with E-state index in [9.17, 15) is 9.59 Å². The summed E-state index contributed by atoms with van der Waals surface area (Å²) in [6.45, 7) is 10.9. The summed E-state index contributed by atoms with van der Waals surface area (Å²) in [6.07, 6.45) is -2.08. The summed E-state index contributed by atoms with van der Waals surface area (Å²) in [6, 6.07) is 18.1. The van der Waals surface area contributed by atoms with Crippen molar-refractivity contribution in [1.82, 2.24) is 4.90 Å². The molecule has 0 saturated carbocycles. The first-order valence-electron chi connectivity index (χ1n) is 11.6. The number of hydrogen-bond donors (Lipinski definition) is 0. The number of carbonyl (C=O) groups excluding carboxylic acids is 2. The lowest BCUT2D eigenvalue weighted by Gasteiger charge is -2.38. The Morgan fingerprint density at radius 1 is 0.882 bits per heavy atom. The van der Waals surface area contributed by atoms with Gasteiger partial charge in [-0.25, -0.2) is 9.59 Å². The minimum atomic E-state index is -2.21. The Morgan fingerprint density at radius 2 is 1.41 bits per heavy atom. The fourth-order valence-corrected chi connectivity index (χ4v) is 4.93. The molecule has 0 unspecified atom stereocenters. The van der Waals surface area contributed by atoms with Crippen molar-refractivity contribution in [3.8, 4) is 0 Å². The first kappa shape index (κ1) is 24.4. The maximum Gasteiger partial charge on any atom is 0.411 e. The molecule has 4 atom stereocenters. The molecule has 2 aliphatic rings. The Labute approximate surface area is 202 Å². The second-order valence-electron chi connectivity index (χ2n) is 10.3. The molecular formula is C26H33NO6Si. The van der Waals surface area contributed by atoms with E-state index in [2.05, 4.69) is 33.9 Å². The van der Waals surface area contributed by atoms with E-state index in [1.54, 1.807) is 4.90 Å². The van der Waals surface area contributed by atoms with Crippen molar-refractivity contribution in [2.75, 3.05) is 0 Å². The van der Waals surface area contributed by atoms with Crippen molar-refractivity contribution in [3.05, 3.63) is 71.8 Å². The fourth-order valence-electron chi connectivity index (χ4n) is 3.80. The number of esters is 1. The van der Waals surface area contributed by atoms with E-state index in [0.717, 1.165) is 11.1 Å². The van der Waals surface area contributed by atoms with E-state index in [4.69, 9.17) is 18.6 Å². The summed E-state index contributed by atoms with van der Waals surface area (Å²) in [5.41, 5.74) is 1.78. The number of benzene rings is 2. The summed E-state index contributed by atoms with van der Waals surface area (Å²) in [5.74, 6) is -0.501. The van der Waals surface area contributed by atoms with E-state index in [1.807, 2.05) is 60.7 Å². The van der Waals surface area contributed by atoms with Crippen LogP contribution >= 0.6 is 0 Å². The molecule has 2 aromatic carbocycles. The number of carbonyl (C=O) groups is 2. The van der Waals surface area contributed by atoms with Crippen molar-refractivity contribution in [1.29, 1.82) is 0 Å². The predicted octanol–water partition coefficient (Wildman–Crippen LogP) is 4.87. The molecule has 0 N–H and O–H groups in total. The topological polar surface area (TPSA) is 74.1 Å². The van der Waals surface area contributed by atoms with E-state index in [-0.39, 0.29) is 24.3 Å². The zero-order valence-electron chi connectivity index (χ0n) is 20.4. The molecule has 2 saturated heterocycles. The van der Waals surface area contributed by atoms with Gasteiger partial charge in [0.15, 0.2) is 20.7 Å². The minimum absolute atomic E-state index is 0.0503. The van der Waals surface area contributed by atoms with Gasteiger partial charge in [-0.3, -0.25) is 4.90 Å². The zero-order valence-corrected chi connectivity index (χ0v) is 21.4.